The van der Waals surface area contributed by atoms with Crippen LogP contribution in [0.1, 0.15) is 126 Å². The Kier molecular flexibility index (Phi) is 30.9. The molecule has 17 heterocycles. The maximum absolute atomic E-state index is 13.8. The molecule has 137 heavy (non-hydrogen) atoms. The standard InChI is InChI=1S/C20H22BrN5O.C19H19BrClN5O.C19H19BrFN5O.C19H21BrN6O.C19H19F3N6O/c1-12-4-6-13(7-5-12)20(27)25-16-10-24-19-17(16)18(15(21)9-23-19)26-8-2-3-14(22)11-26;20-14-8-23-18-16(17(14)26-7-1-2-13(22)10-26)15(9-24-18)25-19(27)11-3-5-12(21)6-4-11;20-14-8-23-18-16(17(14)26-6-2-5-13(22)10-26)15(9-24-18)25-19(27)11-3-1-4-12(21)7-11;1-11-13(5-2-6-22-11)19(27)25-15-9-24-18-16(15)17(14(20)8-23-18)26-7-3-4-12(21)10-26;20-19(21,22)12-8-25-17-15(16(12)28-7-3-4-11(23)10-28)14(9-26-17)27-18(29)13-5-1-2-6-24-13/h4-7,9-10,14H,2-3,8,11,22H2,1H3,(H,23,24)(H,25,27);1-7,9-10,14,16-18,23-24H,8,22H2;1,3-4,7-9,13H,2,5-6,10,22H2,(H,23,24)(H,25,27);2,5-6,8-9,12H,3-4,7,10,21H2,1H3,(H,23,24)(H,25,27);1-2,5-6,8-9,11H,3-4,7,10,23H2,(H,25,26)(H,27,29)/p+1/t14-;;13-;12-;11-/m1.111/s1. The van der Waals surface area contributed by atoms with E-state index in [1.807, 2.05) is 68.8 Å². The molecule has 32 nitrogen and oxygen atoms in total. The van der Waals surface area contributed by atoms with Crippen LogP contribution in [0.25, 0.3) is 44.1 Å². The van der Waals surface area contributed by atoms with Crippen molar-refractivity contribution in [3.05, 3.63) is 271 Å². The third-order valence-corrected chi connectivity index (χ3v) is 27.3. The van der Waals surface area contributed by atoms with Gasteiger partial charge in [-0.2, -0.15) is 17.7 Å². The summed E-state index contributed by atoms with van der Waals surface area (Å²) in [5.41, 5.74) is 42.8. The van der Waals surface area contributed by atoms with E-state index in [9.17, 15) is 41.5 Å². The van der Waals surface area contributed by atoms with E-state index in [4.69, 9.17) is 40.3 Å². The molecule has 0 radical (unpaired) electrons. The fraction of sp³-hybridized carbons (Fsp3) is 0.292. The topological polar surface area (TPSA) is 457 Å². The Labute approximate surface area is 823 Å². The minimum Gasteiger partial charge on any atom is -0.394 e. The van der Waals surface area contributed by atoms with Gasteiger partial charge in [-0.3, -0.25) is 39.3 Å². The summed E-state index contributed by atoms with van der Waals surface area (Å²) >= 11 is 20.6. The van der Waals surface area contributed by atoms with E-state index in [2.05, 4.69) is 170 Å². The van der Waals surface area contributed by atoms with Crippen molar-refractivity contribution in [2.45, 2.75) is 113 Å². The Balaban J connectivity index is 0.000000124. The van der Waals surface area contributed by atoms with E-state index in [1.165, 1.54) is 36.7 Å². The van der Waals surface area contributed by atoms with Gasteiger partial charge in [-0.05, 0) is 198 Å². The summed E-state index contributed by atoms with van der Waals surface area (Å²) in [5.74, 6) is -1.81. The Hall–Kier alpha value is -12.5. The van der Waals surface area contributed by atoms with E-state index in [0.29, 0.717) is 69.6 Å². The number of nitrogens with one attached hydrogen (secondary N) is 11. The fourth-order valence-corrected chi connectivity index (χ4v) is 20.6. The van der Waals surface area contributed by atoms with E-state index >= 15 is 0 Å². The van der Waals surface area contributed by atoms with Crippen molar-refractivity contribution < 1.29 is 46.1 Å². The molecule has 6 aliphatic rings. The Bertz CT molecular complexity index is 6770. The summed E-state index contributed by atoms with van der Waals surface area (Å²) in [6.07, 6.45) is 24.8. The number of aromatic nitrogens is 11. The lowest BCUT2D eigenvalue weighted by Crippen LogP contribution is -2.62. The molecule has 5 fully saturated rings. The van der Waals surface area contributed by atoms with E-state index < -0.39 is 23.5 Å². The molecule has 11 aromatic heterocycles. The SMILES string of the molecule is Cc1ccc(C(=O)Nc2c[nH]c3ncc(Br)c(N4CCC[C@@H](N)C4)c23)cc1.Cc1ncccc1C(=O)Nc1c[nH]c2ncc(Br)c(N3CCC[C@@H](N)C3)c12.N[C@@H]1CCCN(c2c(Br)cnc3[nH]cc(NC(=O)c4cccc(F)c4)c23)C1.N[C@@H]1CCCN(c2c(C(F)(F)F)cnc3[nH]cc(NC(=O)c4ccccn4)c23)C1.Nc1ccc[n+](C2C(Br)CNC3NC=C(NC(=O)c4ccc(Cl)cc4)C32)c1. The van der Waals surface area contributed by atoms with Crippen LogP contribution in [0.3, 0.4) is 0 Å². The number of piperidine rings is 5. The van der Waals surface area contributed by atoms with Crippen molar-refractivity contribution in [2.75, 3.05) is 106 Å². The smallest absolute Gasteiger partial charge is 0.394 e. The number of pyridine rings is 7. The van der Waals surface area contributed by atoms with Gasteiger partial charge < -0.3 is 100 Å². The number of halogens is 9. The second-order valence-electron chi connectivity index (χ2n) is 34.3. The maximum atomic E-state index is 13.8. The van der Waals surface area contributed by atoms with Crippen LogP contribution in [0.4, 0.5) is 68.7 Å². The Morgan fingerprint density at radius 1 is 0.504 bits per heavy atom. The largest absolute Gasteiger partial charge is 0.419 e. The number of H-pyrrole nitrogens is 4. The number of anilines is 9. The van der Waals surface area contributed by atoms with Gasteiger partial charge in [-0.15, -0.1) is 0 Å². The molecule has 8 atom stereocenters. The highest BCUT2D eigenvalue weighted by Gasteiger charge is 2.49. The first kappa shape index (κ1) is 97.6. The summed E-state index contributed by atoms with van der Waals surface area (Å²) in [6.45, 7) is 10.4. The summed E-state index contributed by atoms with van der Waals surface area (Å²) < 4.78 is 59.5. The number of nitrogen functional groups attached to an aromatic ring is 1. The van der Waals surface area contributed by atoms with Gasteiger partial charge in [0.15, 0.2) is 18.4 Å². The zero-order chi connectivity index (χ0) is 96.5. The van der Waals surface area contributed by atoms with Crippen LogP contribution in [-0.4, -0.2) is 173 Å². The lowest BCUT2D eigenvalue weighted by Gasteiger charge is -2.35. The highest BCUT2D eigenvalue weighted by atomic mass is 79.9. The van der Waals surface area contributed by atoms with Gasteiger partial charge in [-0.25, -0.2) is 24.3 Å². The highest BCUT2D eigenvalue weighted by molar-refractivity contribution is 9.11. The minimum absolute atomic E-state index is 0.0183. The van der Waals surface area contributed by atoms with E-state index in [-0.39, 0.29) is 104 Å². The van der Waals surface area contributed by atoms with Crippen molar-refractivity contribution >= 4 is 200 Å². The third-order valence-electron chi connectivity index (χ3n) is 24.5. The lowest BCUT2D eigenvalue weighted by molar-refractivity contribution is -0.728. The second-order valence-corrected chi connectivity index (χ2v) is 38.4. The number of nitrogens with two attached hydrogens (primary N) is 5. The molecule has 0 saturated carbocycles. The van der Waals surface area contributed by atoms with Crippen molar-refractivity contribution in [1.29, 1.82) is 0 Å². The third kappa shape index (κ3) is 22.8. The van der Waals surface area contributed by atoms with Gasteiger partial charge in [0, 0.05) is 190 Å². The average molecular weight is 2140 g/mol. The number of hydrogen-bond acceptors (Lipinski definition) is 22. The van der Waals surface area contributed by atoms with Crippen LogP contribution < -0.4 is 90.1 Å². The van der Waals surface area contributed by atoms with Gasteiger partial charge in [0.25, 0.3) is 29.5 Å². The minimum atomic E-state index is -4.60. The molecule has 41 heteroatoms. The number of fused-ring (bicyclic) bond motifs is 5. The van der Waals surface area contributed by atoms with Gasteiger partial charge in [-0.1, -0.05) is 57.4 Å². The maximum Gasteiger partial charge on any atom is 0.419 e. The number of amides is 5. The number of carbonyl (C=O) groups is 5. The predicted octanol–water partition coefficient (Wildman–Crippen LogP) is 15.8. The monoisotopic (exact) mass is 2140 g/mol. The quantitative estimate of drug-likeness (QED) is 0.0257. The molecule has 5 amide bonds. The summed E-state index contributed by atoms with van der Waals surface area (Å²) in [5, 5.41) is 24.8. The van der Waals surface area contributed by atoms with Crippen LogP contribution >= 0.6 is 75.3 Å². The van der Waals surface area contributed by atoms with Gasteiger partial charge in [0.05, 0.1) is 114 Å². The first-order valence-corrected chi connectivity index (χ1v) is 48.3. The Morgan fingerprint density at radius 3 is 1.42 bits per heavy atom. The molecule has 14 aromatic rings. The first-order valence-electron chi connectivity index (χ1n) is 44.6. The number of rotatable bonds is 15. The molecule has 0 spiro atoms. The normalized spacial score (nSPS) is 19.2. The fourth-order valence-electron chi connectivity index (χ4n) is 18.0. The number of benzene rings is 3. The molecule has 5 saturated heterocycles. The van der Waals surface area contributed by atoms with E-state index in [0.717, 1.165) is 172 Å². The van der Waals surface area contributed by atoms with Crippen LogP contribution in [0.15, 0.2) is 215 Å². The predicted molar refractivity (Wildman–Crippen MR) is 541 cm³/mol. The highest BCUT2D eigenvalue weighted by Crippen LogP contribution is 2.47. The van der Waals surface area contributed by atoms with Crippen molar-refractivity contribution in [3.8, 4) is 0 Å². The first-order chi connectivity index (χ1) is 66.0. The lowest BCUT2D eigenvalue weighted by atomic mass is 9.88. The van der Waals surface area contributed by atoms with Crippen molar-refractivity contribution in [2.24, 2.45) is 28.9 Å². The van der Waals surface area contributed by atoms with Gasteiger partial charge in [0.1, 0.15) is 34.1 Å². The van der Waals surface area contributed by atoms with Crippen LogP contribution in [0, 0.1) is 25.6 Å². The number of carbonyl (C=O) groups excluding carboxylic acids is 5. The van der Waals surface area contributed by atoms with E-state index in [1.54, 1.807) is 103 Å². The number of nitrogens with zero attached hydrogens (tertiary/aromatic N) is 11. The zero-order valence-corrected chi connectivity index (χ0v) is 81.5. The molecular formula is C96H101Br4ClF4N27O5+. The number of hydrogen-bond donors (Lipinski definition) is 16. The molecule has 712 valence electrons. The van der Waals surface area contributed by atoms with Crippen LogP contribution in [0.5, 0.6) is 0 Å². The molecule has 4 unspecified atom stereocenters. The van der Waals surface area contributed by atoms with Crippen LogP contribution in [-0.2, 0) is 6.18 Å². The molecule has 3 aromatic carbocycles. The number of aryl methyl sites for hydroxylation is 2. The van der Waals surface area contributed by atoms with Gasteiger partial charge >= 0.3 is 6.18 Å². The van der Waals surface area contributed by atoms with Gasteiger partial charge in [0.2, 0.25) is 0 Å². The molecule has 20 rings (SSSR count). The van der Waals surface area contributed by atoms with Crippen molar-refractivity contribution in [1.82, 2.24) is 65.8 Å². The molecule has 21 N–H and O–H groups in total. The second kappa shape index (κ2) is 43.5. The molecule has 0 bridgehead atoms. The summed E-state index contributed by atoms with van der Waals surface area (Å²) in [7, 11) is 0. The Morgan fingerprint density at radius 2 is 0.956 bits per heavy atom. The molecular weight excluding hydrogens is 2040 g/mol. The summed E-state index contributed by atoms with van der Waals surface area (Å²) in [6, 6.07) is 32.4. The zero-order valence-electron chi connectivity index (χ0n) is 74.4. The number of alkyl halides is 4. The summed E-state index contributed by atoms with van der Waals surface area (Å²) in [4.78, 5) is 109. The average Bonchev–Trinajstić information content (AvgIpc) is 1.61. The molecule has 0 aliphatic carbocycles. The molecule has 6 aliphatic heterocycles. The van der Waals surface area contributed by atoms with Crippen LogP contribution in [0.2, 0.25) is 5.02 Å². The number of aromatic amines is 4. The van der Waals surface area contributed by atoms with Crippen molar-refractivity contribution in [3.63, 3.8) is 0 Å².